The highest BCUT2D eigenvalue weighted by Crippen LogP contribution is 2.39. The van der Waals surface area contributed by atoms with Crippen molar-refractivity contribution in [1.82, 2.24) is 9.88 Å². The summed E-state index contributed by atoms with van der Waals surface area (Å²) in [5, 5.41) is 23.4. The number of aromatic nitrogens is 1. The molecule has 2 atom stereocenters. The van der Waals surface area contributed by atoms with Gasteiger partial charge >= 0.3 is 30.3 Å². The fourth-order valence-corrected chi connectivity index (χ4v) is 3.60. The fraction of sp³-hybridized carbons (Fsp3) is 0.278. The molecule has 2 aliphatic rings. The number of alkyl halides is 6. The third-order valence-corrected chi connectivity index (χ3v) is 5.21. The molecule has 192 valence electrons. The van der Waals surface area contributed by atoms with Crippen molar-refractivity contribution in [2.45, 2.75) is 23.8 Å². The third-order valence-electron chi connectivity index (χ3n) is 3.89. The number of carboxylic acids is 3. The van der Waals surface area contributed by atoms with E-state index in [2.05, 4.69) is 4.98 Å². The number of carbonyl (C=O) groups excluding carboxylic acids is 1. The Morgan fingerprint density at radius 2 is 1.57 bits per heavy atom. The molecule has 1 aromatic rings. The number of allylic oxidation sites excluding steroid dienone is 1. The van der Waals surface area contributed by atoms with Gasteiger partial charge in [-0.2, -0.15) is 26.3 Å². The molecule has 1 amide bonds. The first-order valence-electron chi connectivity index (χ1n) is 8.83. The van der Waals surface area contributed by atoms with Crippen molar-refractivity contribution in [3.8, 4) is 0 Å². The molecule has 1 fully saturated rings. The van der Waals surface area contributed by atoms with Crippen molar-refractivity contribution in [2.75, 3.05) is 5.75 Å². The van der Waals surface area contributed by atoms with Crippen molar-refractivity contribution < 1.29 is 60.8 Å². The molecule has 0 aliphatic carbocycles. The number of aliphatic carboxylic acids is 3. The summed E-state index contributed by atoms with van der Waals surface area (Å²) in [6.45, 7) is 0. The fourth-order valence-electron chi connectivity index (χ4n) is 2.34. The Hall–Kier alpha value is -3.60. The lowest BCUT2D eigenvalue weighted by molar-refractivity contribution is -0.193. The molecule has 0 bridgehead atoms. The number of carboxylic acid groups (broad SMARTS) is 3. The average molecular weight is 531 g/mol. The molecule has 0 unspecified atom stereocenters. The molecule has 17 heteroatoms. The van der Waals surface area contributed by atoms with Gasteiger partial charge in [0.2, 0.25) is 5.91 Å². The van der Waals surface area contributed by atoms with Gasteiger partial charge in [0.25, 0.3) is 0 Å². The Morgan fingerprint density at radius 3 is 1.97 bits per heavy atom. The summed E-state index contributed by atoms with van der Waals surface area (Å²) in [6, 6.07) is 3.07. The van der Waals surface area contributed by atoms with Crippen LogP contribution in [0.3, 0.4) is 0 Å². The molecule has 35 heavy (non-hydrogen) atoms. The summed E-state index contributed by atoms with van der Waals surface area (Å²) in [5.74, 6) is -6.44. The second kappa shape index (κ2) is 11.7. The molecule has 10 nitrogen and oxygen atoms in total. The number of β-lactam (4-membered cyclic amide) rings is 1. The number of hydrogen-bond donors (Lipinski definition) is 4. The topological polar surface area (TPSA) is 171 Å². The highest BCUT2D eigenvalue weighted by Gasteiger charge is 2.51. The minimum absolute atomic E-state index is 0.0330. The highest BCUT2D eigenvalue weighted by atomic mass is 32.2. The van der Waals surface area contributed by atoms with E-state index < -0.39 is 36.3 Å². The quantitative estimate of drug-likeness (QED) is 0.334. The smallest absolute Gasteiger partial charge is 0.477 e. The summed E-state index contributed by atoms with van der Waals surface area (Å²) < 4.78 is 63.5. The first kappa shape index (κ1) is 29.4. The lowest BCUT2D eigenvalue weighted by Gasteiger charge is -2.47. The van der Waals surface area contributed by atoms with Crippen LogP contribution in [0.4, 0.5) is 26.3 Å². The summed E-state index contributed by atoms with van der Waals surface area (Å²) in [5.41, 5.74) is 7.20. The zero-order chi connectivity index (χ0) is 27.1. The maximum Gasteiger partial charge on any atom is 0.490 e. The number of nitrogens with zero attached hydrogens (tertiary/aromatic N) is 2. The van der Waals surface area contributed by atoms with E-state index >= 15 is 0 Å². The van der Waals surface area contributed by atoms with Crippen molar-refractivity contribution >= 4 is 41.7 Å². The van der Waals surface area contributed by atoms with Crippen molar-refractivity contribution in [1.29, 1.82) is 0 Å². The van der Waals surface area contributed by atoms with Crippen LogP contribution >= 0.6 is 11.8 Å². The summed E-state index contributed by atoms with van der Waals surface area (Å²) in [7, 11) is 0. The Bertz CT molecular complexity index is 1000. The lowest BCUT2D eigenvalue weighted by atomic mass is 10.0. The van der Waals surface area contributed by atoms with Gasteiger partial charge < -0.3 is 21.1 Å². The average Bonchev–Trinajstić information content (AvgIpc) is 2.76. The van der Waals surface area contributed by atoms with Crippen LogP contribution in [0.15, 0.2) is 41.9 Å². The van der Waals surface area contributed by atoms with E-state index in [1.165, 1.54) is 16.7 Å². The maximum atomic E-state index is 11.8. The van der Waals surface area contributed by atoms with E-state index in [9.17, 15) is 41.0 Å². The molecule has 0 radical (unpaired) electrons. The summed E-state index contributed by atoms with van der Waals surface area (Å²) >= 11 is 1.48. The first-order valence-corrected chi connectivity index (χ1v) is 9.88. The minimum atomic E-state index is -5.08. The van der Waals surface area contributed by atoms with Crippen LogP contribution in [-0.2, 0) is 19.2 Å². The molecule has 3 rings (SSSR count). The third kappa shape index (κ3) is 8.29. The van der Waals surface area contributed by atoms with Crippen LogP contribution in [0, 0.1) is 0 Å². The number of amides is 1. The van der Waals surface area contributed by atoms with Crippen molar-refractivity contribution in [3.63, 3.8) is 0 Å². The molecule has 0 saturated carbocycles. The van der Waals surface area contributed by atoms with E-state index in [1.54, 1.807) is 30.6 Å². The molecule has 5 N–H and O–H groups in total. The Labute approximate surface area is 195 Å². The molecule has 2 aliphatic heterocycles. The molecule has 0 aromatic carbocycles. The number of nitrogens with two attached hydrogens (primary N) is 1. The molecule has 0 spiro atoms. The van der Waals surface area contributed by atoms with E-state index in [4.69, 9.17) is 25.5 Å². The van der Waals surface area contributed by atoms with Gasteiger partial charge in [-0.3, -0.25) is 14.7 Å². The van der Waals surface area contributed by atoms with Gasteiger partial charge in [0.1, 0.15) is 17.1 Å². The van der Waals surface area contributed by atoms with Gasteiger partial charge in [0.05, 0.1) is 0 Å². The minimum Gasteiger partial charge on any atom is -0.477 e. The highest BCUT2D eigenvalue weighted by molar-refractivity contribution is 8.00. The predicted molar refractivity (Wildman–Crippen MR) is 106 cm³/mol. The van der Waals surface area contributed by atoms with E-state index in [-0.39, 0.29) is 17.0 Å². The van der Waals surface area contributed by atoms with Gasteiger partial charge in [-0.1, -0.05) is 18.2 Å². The summed E-state index contributed by atoms with van der Waals surface area (Å²) in [6.07, 6.45) is -3.31. The van der Waals surface area contributed by atoms with Crippen LogP contribution in [0.1, 0.15) is 5.56 Å². The lowest BCUT2D eigenvalue weighted by Crippen LogP contribution is -2.68. The predicted octanol–water partition coefficient (Wildman–Crippen LogP) is 1.94. The second-order valence-corrected chi connectivity index (χ2v) is 7.45. The molecular formula is C18H15F6N3O7S. The van der Waals surface area contributed by atoms with E-state index in [0.29, 0.717) is 11.3 Å². The van der Waals surface area contributed by atoms with Crippen LogP contribution < -0.4 is 5.73 Å². The number of carbonyl (C=O) groups is 4. The van der Waals surface area contributed by atoms with E-state index in [1.807, 2.05) is 6.07 Å². The maximum absolute atomic E-state index is 11.8. The van der Waals surface area contributed by atoms with Crippen molar-refractivity contribution in [2.24, 2.45) is 5.73 Å². The second-order valence-electron chi connectivity index (χ2n) is 6.34. The van der Waals surface area contributed by atoms with Gasteiger partial charge in [-0.25, -0.2) is 14.4 Å². The molecule has 1 aromatic heterocycles. The Balaban J connectivity index is 0.000000362. The standard InChI is InChI=1S/C14H13N3O3S.2C2HF3O2/c15-10-12(18)17-11(14(19)20)9(7-21-13(10)17)4-3-8-2-1-5-16-6-8;2*3-2(4,5)1(6)7/h1-6,10,13H,7,15H2,(H,19,20);2*(H,6,7)/b4-3+;;/t10-,13+;;/m1../s1. The van der Waals surface area contributed by atoms with Crippen LogP contribution in [0.5, 0.6) is 0 Å². The van der Waals surface area contributed by atoms with E-state index in [0.717, 1.165) is 5.56 Å². The zero-order valence-electron chi connectivity index (χ0n) is 16.9. The summed E-state index contributed by atoms with van der Waals surface area (Å²) in [4.78, 5) is 46.3. The normalized spacial score (nSPS) is 19.5. The largest absolute Gasteiger partial charge is 0.490 e. The number of fused-ring (bicyclic) bond motifs is 1. The Kier molecular flexibility index (Phi) is 9.83. The molecule has 3 heterocycles. The van der Waals surface area contributed by atoms with Crippen molar-refractivity contribution in [3.05, 3.63) is 47.4 Å². The first-order chi connectivity index (χ1) is 16.0. The number of hydrogen-bond acceptors (Lipinski definition) is 7. The van der Waals surface area contributed by atoms with Gasteiger partial charge in [-0.15, -0.1) is 11.8 Å². The van der Waals surface area contributed by atoms with Gasteiger partial charge in [0, 0.05) is 18.1 Å². The monoisotopic (exact) mass is 531 g/mol. The van der Waals surface area contributed by atoms with Crippen LogP contribution in [-0.4, -0.2) is 78.5 Å². The Morgan fingerprint density at radius 1 is 1.06 bits per heavy atom. The molecule has 1 saturated heterocycles. The van der Waals surface area contributed by atoms with Crippen LogP contribution in [0.2, 0.25) is 0 Å². The number of pyridine rings is 1. The van der Waals surface area contributed by atoms with Gasteiger partial charge in [0.15, 0.2) is 0 Å². The molecular weight excluding hydrogens is 516 g/mol. The SMILES string of the molecule is N[C@@H]1C(=O)N2C(C(=O)O)=C(/C=C/c3cccnc3)CS[C@@H]12.O=C(O)C(F)(F)F.O=C(O)C(F)(F)F. The number of halogens is 6. The van der Waals surface area contributed by atoms with Gasteiger partial charge in [-0.05, 0) is 17.2 Å². The van der Waals surface area contributed by atoms with Crippen LogP contribution in [0.25, 0.3) is 6.08 Å². The number of rotatable bonds is 3. The zero-order valence-corrected chi connectivity index (χ0v) is 17.8. The number of thioether (sulfide) groups is 1.